The molecule has 1 unspecified atom stereocenters. The van der Waals surface area contributed by atoms with Crippen LogP contribution < -0.4 is 0 Å². The number of rotatable bonds is 6. The molecule has 1 aliphatic heterocycles. The highest BCUT2D eigenvalue weighted by Gasteiger charge is 2.35. The number of pyridine rings is 1. The third kappa shape index (κ3) is 4.54. The molecule has 1 fully saturated rings. The van der Waals surface area contributed by atoms with Crippen molar-refractivity contribution in [1.29, 1.82) is 0 Å². The second kappa shape index (κ2) is 8.19. The van der Waals surface area contributed by atoms with Crippen molar-refractivity contribution < 1.29 is 17.9 Å². The smallest absolute Gasteiger partial charge is 0.256 e. The molecule has 1 saturated heterocycles. The van der Waals surface area contributed by atoms with Gasteiger partial charge in [-0.15, -0.1) is 0 Å². The Hall–Kier alpha value is -2.25. The third-order valence-electron chi connectivity index (χ3n) is 4.83. The molecule has 7 heteroatoms. The minimum atomic E-state index is -3.08. The number of methoxy groups -OCH3 is 1. The highest BCUT2D eigenvalue weighted by Crippen LogP contribution is 2.23. The van der Waals surface area contributed by atoms with Crippen molar-refractivity contribution in [3.63, 3.8) is 0 Å². The standard InChI is InChI=1S/C20H24N2O4S/c1-15-18(8-9-19(21-15)16-6-4-3-5-7-16)20(23)22(11-12-26-2)17-10-13-27(24,25)14-17/h3-9,17H,10-14H2,1-2H3. The number of aryl methyl sites for hydroxylation is 1. The molecule has 0 bridgehead atoms. The molecule has 0 aliphatic carbocycles. The lowest BCUT2D eigenvalue weighted by molar-refractivity contribution is 0.0623. The average Bonchev–Trinajstić information content (AvgIpc) is 3.02. The number of ether oxygens (including phenoxy) is 1. The van der Waals surface area contributed by atoms with E-state index in [0.717, 1.165) is 11.3 Å². The fourth-order valence-corrected chi connectivity index (χ4v) is 5.10. The number of nitrogens with zero attached hydrogens (tertiary/aromatic N) is 2. The zero-order valence-corrected chi connectivity index (χ0v) is 16.4. The third-order valence-corrected chi connectivity index (χ3v) is 6.58. The van der Waals surface area contributed by atoms with Gasteiger partial charge in [0.2, 0.25) is 0 Å². The quantitative estimate of drug-likeness (QED) is 0.759. The monoisotopic (exact) mass is 388 g/mol. The van der Waals surface area contributed by atoms with E-state index < -0.39 is 9.84 Å². The first kappa shape index (κ1) is 19.5. The van der Waals surface area contributed by atoms with Crippen LogP contribution in [0.15, 0.2) is 42.5 Å². The van der Waals surface area contributed by atoms with Crippen LogP contribution in [-0.2, 0) is 14.6 Å². The Bertz CT molecular complexity index is 913. The predicted molar refractivity (Wildman–Crippen MR) is 104 cm³/mol. The number of carbonyl (C=O) groups excluding carboxylic acids is 1. The first-order valence-corrected chi connectivity index (χ1v) is 10.8. The van der Waals surface area contributed by atoms with Crippen molar-refractivity contribution in [2.24, 2.45) is 0 Å². The minimum Gasteiger partial charge on any atom is -0.383 e. The van der Waals surface area contributed by atoms with E-state index in [1.807, 2.05) is 36.4 Å². The van der Waals surface area contributed by atoms with Gasteiger partial charge in [0.1, 0.15) is 0 Å². The molecule has 1 amide bonds. The Morgan fingerprint density at radius 2 is 1.96 bits per heavy atom. The fourth-order valence-electron chi connectivity index (χ4n) is 3.37. The average molecular weight is 388 g/mol. The normalized spacial score (nSPS) is 18.4. The van der Waals surface area contributed by atoms with Gasteiger partial charge in [-0.2, -0.15) is 0 Å². The molecule has 1 aromatic carbocycles. The molecule has 1 aliphatic rings. The molecule has 2 aromatic rings. The maximum absolute atomic E-state index is 13.2. The SMILES string of the molecule is COCCN(C(=O)c1ccc(-c2ccccc2)nc1C)C1CCS(=O)(=O)C1. The molecule has 6 nitrogen and oxygen atoms in total. The molecule has 1 aromatic heterocycles. The Balaban J connectivity index is 1.87. The van der Waals surface area contributed by atoms with Gasteiger partial charge >= 0.3 is 0 Å². The number of sulfone groups is 1. The van der Waals surface area contributed by atoms with Crippen molar-refractivity contribution in [3.05, 3.63) is 53.7 Å². The summed E-state index contributed by atoms with van der Waals surface area (Å²) in [4.78, 5) is 19.4. The summed E-state index contributed by atoms with van der Waals surface area (Å²) in [7, 11) is -1.52. The van der Waals surface area contributed by atoms with Gasteiger partial charge < -0.3 is 9.64 Å². The molecule has 0 radical (unpaired) electrons. The molecule has 2 heterocycles. The number of hydrogen-bond acceptors (Lipinski definition) is 5. The molecule has 27 heavy (non-hydrogen) atoms. The maximum atomic E-state index is 13.2. The van der Waals surface area contributed by atoms with E-state index in [-0.39, 0.29) is 23.5 Å². The van der Waals surface area contributed by atoms with Crippen LogP contribution in [0.2, 0.25) is 0 Å². The van der Waals surface area contributed by atoms with Gasteiger partial charge in [-0.3, -0.25) is 9.78 Å². The molecule has 3 rings (SSSR count). The van der Waals surface area contributed by atoms with Gasteiger partial charge in [0.05, 0.1) is 35.1 Å². The minimum absolute atomic E-state index is 0.0109. The van der Waals surface area contributed by atoms with Gasteiger partial charge in [0.15, 0.2) is 9.84 Å². The lowest BCUT2D eigenvalue weighted by atomic mass is 10.1. The summed E-state index contributed by atoms with van der Waals surface area (Å²) in [5, 5.41) is 0. The van der Waals surface area contributed by atoms with E-state index in [2.05, 4.69) is 4.98 Å². The largest absolute Gasteiger partial charge is 0.383 e. The van der Waals surface area contributed by atoms with Crippen LogP contribution in [0, 0.1) is 6.92 Å². The summed E-state index contributed by atoms with van der Waals surface area (Å²) in [5.74, 6) is -0.0610. The van der Waals surface area contributed by atoms with Crippen LogP contribution >= 0.6 is 0 Å². The summed E-state index contributed by atoms with van der Waals surface area (Å²) in [6.45, 7) is 2.52. The highest BCUT2D eigenvalue weighted by atomic mass is 32.2. The number of hydrogen-bond donors (Lipinski definition) is 0. The highest BCUT2D eigenvalue weighted by molar-refractivity contribution is 7.91. The van der Waals surface area contributed by atoms with E-state index in [1.54, 1.807) is 25.0 Å². The molecule has 144 valence electrons. The molecule has 1 atom stereocenters. The Labute approximate surface area is 160 Å². The van der Waals surface area contributed by atoms with Crippen molar-refractivity contribution in [2.75, 3.05) is 31.8 Å². The van der Waals surface area contributed by atoms with Gasteiger partial charge in [0.25, 0.3) is 5.91 Å². The lowest BCUT2D eigenvalue weighted by Crippen LogP contribution is -2.43. The molecular weight excluding hydrogens is 364 g/mol. The maximum Gasteiger partial charge on any atom is 0.256 e. The zero-order chi connectivity index (χ0) is 19.4. The second-order valence-electron chi connectivity index (χ2n) is 6.74. The Morgan fingerprint density at radius 3 is 2.56 bits per heavy atom. The van der Waals surface area contributed by atoms with Crippen LogP contribution in [0.5, 0.6) is 0 Å². The zero-order valence-electron chi connectivity index (χ0n) is 15.6. The topological polar surface area (TPSA) is 76.6 Å². The molecule has 0 N–H and O–H groups in total. The first-order valence-electron chi connectivity index (χ1n) is 8.94. The summed E-state index contributed by atoms with van der Waals surface area (Å²) in [6, 6.07) is 13.1. The van der Waals surface area contributed by atoms with Crippen LogP contribution in [0.4, 0.5) is 0 Å². The number of amides is 1. The van der Waals surface area contributed by atoms with Crippen LogP contribution in [0.1, 0.15) is 22.5 Å². The number of carbonyl (C=O) groups is 1. The van der Waals surface area contributed by atoms with Crippen molar-refractivity contribution in [2.45, 2.75) is 19.4 Å². The molecule has 0 saturated carbocycles. The summed E-state index contributed by atoms with van der Waals surface area (Å²) in [6.07, 6.45) is 0.465. The van der Waals surface area contributed by atoms with Crippen LogP contribution in [0.3, 0.4) is 0 Å². The van der Waals surface area contributed by atoms with Gasteiger partial charge in [0, 0.05) is 25.3 Å². The number of aromatic nitrogens is 1. The summed E-state index contributed by atoms with van der Waals surface area (Å²) < 4.78 is 28.8. The molecular formula is C20H24N2O4S. The summed E-state index contributed by atoms with van der Waals surface area (Å²) in [5.41, 5.74) is 2.91. The van der Waals surface area contributed by atoms with E-state index in [4.69, 9.17) is 4.74 Å². The van der Waals surface area contributed by atoms with E-state index in [0.29, 0.717) is 30.8 Å². The van der Waals surface area contributed by atoms with Crippen molar-refractivity contribution in [1.82, 2.24) is 9.88 Å². The fraction of sp³-hybridized carbons (Fsp3) is 0.400. The second-order valence-corrected chi connectivity index (χ2v) is 8.97. The van der Waals surface area contributed by atoms with Gasteiger partial charge in [-0.25, -0.2) is 8.42 Å². The van der Waals surface area contributed by atoms with E-state index in [1.165, 1.54) is 0 Å². The Morgan fingerprint density at radius 1 is 1.22 bits per heavy atom. The Kier molecular flexibility index (Phi) is 5.92. The first-order chi connectivity index (χ1) is 12.9. The van der Waals surface area contributed by atoms with E-state index >= 15 is 0 Å². The number of benzene rings is 1. The van der Waals surface area contributed by atoms with Crippen molar-refractivity contribution in [3.8, 4) is 11.3 Å². The summed E-state index contributed by atoms with van der Waals surface area (Å²) >= 11 is 0. The van der Waals surface area contributed by atoms with Crippen molar-refractivity contribution >= 4 is 15.7 Å². The lowest BCUT2D eigenvalue weighted by Gasteiger charge is -2.28. The predicted octanol–water partition coefficient (Wildman–Crippen LogP) is 2.33. The van der Waals surface area contributed by atoms with Gasteiger partial charge in [-0.1, -0.05) is 30.3 Å². The van der Waals surface area contributed by atoms with Crippen LogP contribution in [0.25, 0.3) is 11.3 Å². The van der Waals surface area contributed by atoms with Gasteiger partial charge in [-0.05, 0) is 25.5 Å². The van der Waals surface area contributed by atoms with Crippen LogP contribution in [-0.4, -0.2) is 62.0 Å². The van der Waals surface area contributed by atoms with E-state index in [9.17, 15) is 13.2 Å². The molecule has 0 spiro atoms.